The third-order valence-corrected chi connectivity index (χ3v) is 4.70. The van der Waals surface area contributed by atoms with Crippen molar-refractivity contribution in [2.45, 2.75) is 26.4 Å². The highest BCUT2D eigenvalue weighted by Gasteiger charge is 2.06. The molecule has 0 aliphatic carbocycles. The Morgan fingerprint density at radius 2 is 2.06 bits per heavy atom. The van der Waals surface area contributed by atoms with Crippen molar-refractivity contribution < 1.29 is 4.39 Å². The molecular weight excluding hydrogens is 313 g/mol. The van der Waals surface area contributed by atoms with E-state index in [1.54, 1.807) is 17.4 Å². The van der Waals surface area contributed by atoms with Crippen molar-refractivity contribution >= 4 is 27.3 Å². The molecular formula is C14H15BrFNS. The fourth-order valence-electron chi connectivity index (χ4n) is 1.83. The Bertz CT molecular complexity index is 524. The number of benzene rings is 1. The summed E-state index contributed by atoms with van der Waals surface area (Å²) in [5, 5.41) is 5.48. The lowest BCUT2D eigenvalue weighted by Gasteiger charge is -2.07. The summed E-state index contributed by atoms with van der Waals surface area (Å²) in [7, 11) is 0. The second-order valence-corrected chi connectivity index (χ2v) is 5.83. The Kier molecular flexibility index (Phi) is 4.92. The lowest BCUT2D eigenvalue weighted by atomic mass is 10.2. The molecule has 0 aliphatic heterocycles. The molecule has 0 saturated heterocycles. The minimum absolute atomic E-state index is 0.209. The van der Waals surface area contributed by atoms with E-state index in [0.29, 0.717) is 11.0 Å². The van der Waals surface area contributed by atoms with Crippen LogP contribution in [-0.4, -0.2) is 0 Å². The molecule has 1 nitrogen and oxygen atoms in total. The van der Waals surface area contributed by atoms with E-state index in [9.17, 15) is 4.39 Å². The van der Waals surface area contributed by atoms with Gasteiger partial charge in [0.25, 0.3) is 0 Å². The van der Waals surface area contributed by atoms with Gasteiger partial charge in [0.05, 0.1) is 4.47 Å². The Balaban J connectivity index is 1.94. The molecule has 0 atom stereocenters. The molecule has 0 bridgehead atoms. The molecule has 2 rings (SSSR count). The molecule has 0 amide bonds. The van der Waals surface area contributed by atoms with Crippen molar-refractivity contribution in [3.8, 4) is 0 Å². The maximum Gasteiger partial charge on any atom is 0.137 e. The normalized spacial score (nSPS) is 10.8. The van der Waals surface area contributed by atoms with Gasteiger partial charge in [0.1, 0.15) is 5.82 Å². The first-order valence-corrected chi connectivity index (χ1v) is 7.58. The van der Waals surface area contributed by atoms with Crippen LogP contribution in [0, 0.1) is 5.82 Å². The monoisotopic (exact) mass is 327 g/mol. The van der Waals surface area contributed by atoms with Crippen molar-refractivity contribution in [1.29, 1.82) is 0 Å². The molecule has 96 valence electrons. The number of thiophene rings is 1. The Labute approximate surface area is 119 Å². The van der Waals surface area contributed by atoms with Gasteiger partial charge in [-0.3, -0.25) is 0 Å². The minimum Gasteiger partial charge on any atom is -0.308 e. The third kappa shape index (κ3) is 3.19. The molecule has 1 aromatic carbocycles. The lowest BCUT2D eigenvalue weighted by molar-refractivity contribution is 0.612. The standard InChI is InChI=1S/C14H15BrFNS/c1-2-10-6-7-18-13(10)9-17-8-11-4-3-5-12(16)14(11)15/h3-7,17H,2,8-9H2,1H3. The minimum atomic E-state index is -0.209. The van der Waals surface area contributed by atoms with Crippen LogP contribution >= 0.6 is 27.3 Å². The van der Waals surface area contributed by atoms with E-state index in [-0.39, 0.29) is 5.82 Å². The number of hydrogen-bond donors (Lipinski definition) is 1. The van der Waals surface area contributed by atoms with Crippen LogP contribution in [0.4, 0.5) is 4.39 Å². The number of aryl methyl sites for hydroxylation is 1. The maximum absolute atomic E-state index is 13.3. The molecule has 1 aromatic heterocycles. The van der Waals surface area contributed by atoms with Gasteiger partial charge in [-0.05, 0) is 51.0 Å². The van der Waals surface area contributed by atoms with Gasteiger partial charge in [-0.1, -0.05) is 19.1 Å². The van der Waals surface area contributed by atoms with Crippen LogP contribution < -0.4 is 5.32 Å². The molecule has 0 unspecified atom stereocenters. The number of rotatable bonds is 5. The molecule has 0 aliphatic rings. The zero-order chi connectivity index (χ0) is 13.0. The molecule has 4 heteroatoms. The Morgan fingerprint density at radius 1 is 1.22 bits per heavy atom. The SMILES string of the molecule is CCc1ccsc1CNCc1cccc(F)c1Br. The summed E-state index contributed by atoms with van der Waals surface area (Å²) >= 11 is 5.04. The van der Waals surface area contributed by atoms with Gasteiger partial charge in [0, 0.05) is 18.0 Å². The van der Waals surface area contributed by atoms with Crippen molar-refractivity contribution in [3.05, 3.63) is 55.9 Å². The van der Waals surface area contributed by atoms with Crippen LogP contribution in [0.5, 0.6) is 0 Å². The average Bonchev–Trinajstić information content (AvgIpc) is 2.82. The Hall–Kier alpha value is -0.710. The van der Waals surface area contributed by atoms with E-state index < -0.39 is 0 Å². The van der Waals surface area contributed by atoms with Gasteiger partial charge in [0.2, 0.25) is 0 Å². The van der Waals surface area contributed by atoms with Gasteiger partial charge >= 0.3 is 0 Å². The summed E-state index contributed by atoms with van der Waals surface area (Å²) in [5.74, 6) is -0.209. The predicted octanol–water partition coefficient (Wildman–Crippen LogP) is 4.50. The summed E-state index contributed by atoms with van der Waals surface area (Å²) in [6.07, 6.45) is 1.06. The molecule has 0 fully saturated rings. The summed E-state index contributed by atoms with van der Waals surface area (Å²) in [6.45, 7) is 3.66. The first-order chi connectivity index (χ1) is 8.72. The van der Waals surface area contributed by atoms with E-state index in [1.165, 1.54) is 16.5 Å². The fourth-order valence-corrected chi connectivity index (χ4v) is 3.18. The molecule has 0 saturated carbocycles. The second-order valence-electron chi connectivity index (χ2n) is 4.04. The summed E-state index contributed by atoms with van der Waals surface area (Å²) in [6, 6.07) is 7.29. The first kappa shape index (κ1) is 13.7. The van der Waals surface area contributed by atoms with Crippen LogP contribution in [0.2, 0.25) is 0 Å². The largest absolute Gasteiger partial charge is 0.308 e. The quantitative estimate of drug-likeness (QED) is 0.852. The van der Waals surface area contributed by atoms with Crippen molar-refractivity contribution in [2.75, 3.05) is 0 Å². The molecule has 1 N–H and O–H groups in total. The summed E-state index contributed by atoms with van der Waals surface area (Å²) in [4.78, 5) is 1.37. The molecule has 0 radical (unpaired) electrons. The van der Waals surface area contributed by atoms with Crippen molar-refractivity contribution in [3.63, 3.8) is 0 Å². The van der Waals surface area contributed by atoms with E-state index >= 15 is 0 Å². The third-order valence-electron chi connectivity index (χ3n) is 2.85. The summed E-state index contributed by atoms with van der Waals surface area (Å²) in [5.41, 5.74) is 2.34. The second kappa shape index (κ2) is 6.45. The van der Waals surface area contributed by atoms with Gasteiger partial charge in [-0.15, -0.1) is 11.3 Å². The number of hydrogen-bond acceptors (Lipinski definition) is 2. The van der Waals surface area contributed by atoms with E-state index in [0.717, 1.165) is 18.5 Å². The Morgan fingerprint density at radius 3 is 2.83 bits per heavy atom. The van der Waals surface area contributed by atoms with Gasteiger partial charge in [-0.25, -0.2) is 4.39 Å². The highest BCUT2D eigenvalue weighted by atomic mass is 79.9. The van der Waals surface area contributed by atoms with Gasteiger partial charge in [-0.2, -0.15) is 0 Å². The van der Waals surface area contributed by atoms with Gasteiger partial charge in [0.15, 0.2) is 0 Å². The lowest BCUT2D eigenvalue weighted by Crippen LogP contribution is -2.13. The summed E-state index contributed by atoms with van der Waals surface area (Å²) < 4.78 is 13.9. The van der Waals surface area contributed by atoms with E-state index in [2.05, 4.69) is 39.6 Å². The van der Waals surface area contributed by atoms with Gasteiger partial charge < -0.3 is 5.32 Å². The zero-order valence-corrected chi connectivity index (χ0v) is 12.6. The topological polar surface area (TPSA) is 12.0 Å². The predicted molar refractivity (Wildman–Crippen MR) is 78.3 cm³/mol. The van der Waals surface area contributed by atoms with Crippen molar-refractivity contribution in [2.24, 2.45) is 0 Å². The molecule has 0 spiro atoms. The smallest absolute Gasteiger partial charge is 0.137 e. The fraction of sp³-hybridized carbons (Fsp3) is 0.286. The number of nitrogens with one attached hydrogen (secondary N) is 1. The first-order valence-electron chi connectivity index (χ1n) is 5.91. The zero-order valence-electron chi connectivity index (χ0n) is 10.2. The van der Waals surface area contributed by atoms with Crippen LogP contribution in [0.1, 0.15) is 22.9 Å². The van der Waals surface area contributed by atoms with E-state index in [1.807, 2.05) is 6.07 Å². The van der Waals surface area contributed by atoms with Crippen molar-refractivity contribution in [1.82, 2.24) is 5.32 Å². The highest BCUT2D eigenvalue weighted by Crippen LogP contribution is 2.21. The molecule has 2 aromatic rings. The maximum atomic E-state index is 13.3. The van der Waals surface area contributed by atoms with Crippen LogP contribution in [0.3, 0.4) is 0 Å². The average molecular weight is 328 g/mol. The van der Waals surface area contributed by atoms with Crippen LogP contribution in [0.25, 0.3) is 0 Å². The van der Waals surface area contributed by atoms with E-state index in [4.69, 9.17) is 0 Å². The highest BCUT2D eigenvalue weighted by molar-refractivity contribution is 9.10. The van der Waals surface area contributed by atoms with Crippen LogP contribution in [-0.2, 0) is 19.5 Å². The molecule has 1 heterocycles. The number of halogens is 2. The van der Waals surface area contributed by atoms with Crippen LogP contribution in [0.15, 0.2) is 34.1 Å². The molecule has 18 heavy (non-hydrogen) atoms.